The molecule has 0 heterocycles. The number of carbonyl (C=O) groups excluding carboxylic acids is 5. The highest BCUT2D eigenvalue weighted by Gasteiger charge is 2.21. The first-order valence-electron chi connectivity index (χ1n) is 9.01. The van der Waals surface area contributed by atoms with Crippen molar-refractivity contribution >= 4 is 41.9 Å². The highest BCUT2D eigenvalue weighted by molar-refractivity contribution is 6.16. The van der Waals surface area contributed by atoms with Gasteiger partial charge in [-0.25, -0.2) is 0 Å². The summed E-state index contributed by atoms with van der Waals surface area (Å²) in [6.45, 7) is 8.52. The van der Waals surface area contributed by atoms with Gasteiger partial charge in [0.1, 0.15) is 18.9 Å². The lowest BCUT2D eigenvalue weighted by Gasteiger charge is -2.23. The Bertz CT molecular complexity index is 885. The average Bonchev–Trinajstić information content (AvgIpc) is 2.74. The van der Waals surface area contributed by atoms with Crippen LogP contribution in [0.5, 0.6) is 0 Å². The van der Waals surface area contributed by atoms with Crippen molar-refractivity contribution in [3.8, 4) is 0 Å². The van der Waals surface area contributed by atoms with Gasteiger partial charge in [0.2, 0.25) is 0 Å². The second-order valence-electron chi connectivity index (χ2n) is 6.65. The monoisotopic (exact) mass is 412 g/mol. The highest BCUT2D eigenvalue weighted by Crippen LogP contribution is 2.28. The first-order valence-corrected chi connectivity index (χ1v) is 9.01. The summed E-state index contributed by atoms with van der Waals surface area (Å²) in [7, 11) is 5.34. The van der Waals surface area contributed by atoms with Crippen molar-refractivity contribution in [2.45, 2.75) is 20.8 Å². The van der Waals surface area contributed by atoms with Gasteiger partial charge >= 0.3 is 0 Å². The fraction of sp³-hybridized carbons (Fsp3) is 0.261. The van der Waals surface area contributed by atoms with Crippen molar-refractivity contribution < 1.29 is 24.0 Å². The molecular weight excluding hydrogens is 384 g/mol. The molecule has 1 aromatic rings. The van der Waals surface area contributed by atoms with Crippen molar-refractivity contribution in [1.29, 1.82) is 0 Å². The molecule has 0 aliphatic rings. The summed E-state index contributed by atoms with van der Waals surface area (Å²) in [5.74, 6) is -0.546. The van der Waals surface area contributed by atoms with Crippen LogP contribution in [0.4, 0.5) is 11.4 Å². The van der Waals surface area contributed by atoms with Gasteiger partial charge in [-0.2, -0.15) is 0 Å². The molecule has 160 valence electrons. The van der Waals surface area contributed by atoms with Gasteiger partial charge in [0.05, 0.1) is 5.69 Å². The lowest BCUT2D eigenvalue weighted by atomic mass is 10.0. The molecule has 0 atom stereocenters. The molecule has 0 bridgehead atoms. The number of ketones is 1. The third-order valence-electron chi connectivity index (χ3n) is 4.15. The maximum Gasteiger partial charge on any atom is 0.254 e. The minimum absolute atomic E-state index is 0.220. The molecule has 0 aliphatic heterocycles. The Morgan fingerprint density at radius 2 is 1.47 bits per heavy atom. The van der Waals surface area contributed by atoms with E-state index in [0.29, 0.717) is 46.8 Å². The number of aldehydes is 3. The van der Waals surface area contributed by atoms with Crippen LogP contribution in [0.2, 0.25) is 0 Å². The van der Waals surface area contributed by atoms with E-state index in [2.05, 4.69) is 6.58 Å². The van der Waals surface area contributed by atoms with Gasteiger partial charge in [0.25, 0.3) is 5.91 Å². The molecule has 0 radical (unpaired) electrons. The largest absolute Gasteiger partial charge is 0.378 e. The van der Waals surface area contributed by atoms with Crippen LogP contribution in [0.1, 0.15) is 31.1 Å². The normalized spacial score (nSPS) is 10.9. The summed E-state index contributed by atoms with van der Waals surface area (Å²) in [5, 5.41) is 0. The van der Waals surface area contributed by atoms with E-state index in [1.165, 1.54) is 4.90 Å². The van der Waals surface area contributed by atoms with Crippen LogP contribution in [0.25, 0.3) is 0 Å². The Morgan fingerprint density at radius 1 is 0.933 bits per heavy atom. The molecule has 0 aromatic heterocycles. The van der Waals surface area contributed by atoms with Gasteiger partial charge < -0.3 is 9.80 Å². The zero-order valence-electron chi connectivity index (χ0n) is 18.3. The summed E-state index contributed by atoms with van der Waals surface area (Å²) in [4.78, 5) is 57.9. The van der Waals surface area contributed by atoms with Crippen LogP contribution in [0.15, 0.2) is 53.6 Å². The van der Waals surface area contributed by atoms with E-state index in [9.17, 15) is 24.0 Å². The molecule has 30 heavy (non-hydrogen) atoms. The molecule has 0 saturated carbocycles. The van der Waals surface area contributed by atoms with Gasteiger partial charge in [-0.1, -0.05) is 6.58 Å². The minimum atomic E-state index is -0.326. The molecule has 0 N–H and O–H groups in total. The molecule has 7 nitrogen and oxygen atoms in total. The molecule has 0 saturated heterocycles. The van der Waals surface area contributed by atoms with Crippen molar-refractivity contribution in [1.82, 2.24) is 0 Å². The second-order valence-corrected chi connectivity index (χ2v) is 6.65. The molecule has 7 heteroatoms. The fourth-order valence-electron chi connectivity index (χ4n) is 2.22. The van der Waals surface area contributed by atoms with Gasteiger partial charge in [-0.15, -0.1) is 0 Å². The lowest BCUT2D eigenvalue weighted by Crippen LogP contribution is -2.29. The third kappa shape index (κ3) is 7.43. The number of hydrogen-bond acceptors (Lipinski definition) is 6. The van der Waals surface area contributed by atoms with Crippen molar-refractivity contribution in [2.24, 2.45) is 0 Å². The van der Waals surface area contributed by atoms with Gasteiger partial charge in [-0.3, -0.25) is 24.0 Å². The van der Waals surface area contributed by atoms with Crippen LogP contribution in [-0.4, -0.2) is 51.7 Å². The zero-order chi connectivity index (χ0) is 23.4. The summed E-state index contributed by atoms with van der Waals surface area (Å²) in [5.41, 5.74) is 2.84. The standard InChI is InChI=1S/C19H24N2O3.C4H4O2/c1-12(2)18(23)16-10-15(20(5)6)8-9-17(16)21(7)19(24)14(4)13(3)11-22;5-3-1-2-4-6/h8-11H,1H2,2-7H3;1-4H/b14-13-;2-1-. The number of amides is 1. The summed E-state index contributed by atoms with van der Waals surface area (Å²) < 4.78 is 0. The van der Waals surface area contributed by atoms with E-state index >= 15 is 0 Å². The summed E-state index contributed by atoms with van der Waals surface area (Å²) >= 11 is 0. The van der Waals surface area contributed by atoms with E-state index < -0.39 is 0 Å². The van der Waals surface area contributed by atoms with Crippen LogP contribution in [0.3, 0.4) is 0 Å². The minimum Gasteiger partial charge on any atom is -0.378 e. The smallest absolute Gasteiger partial charge is 0.254 e. The molecule has 0 unspecified atom stereocenters. The Hall–Kier alpha value is -3.61. The van der Waals surface area contributed by atoms with Crippen LogP contribution in [0, 0.1) is 0 Å². The number of rotatable bonds is 8. The first kappa shape index (κ1) is 26.4. The quantitative estimate of drug-likeness (QED) is 0.370. The molecular formula is C23H28N2O5. The zero-order valence-corrected chi connectivity index (χ0v) is 18.3. The second kappa shape index (κ2) is 12.8. The third-order valence-corrected chi connectivity index (χ3v) is 4.15. The molecule has 1 aromatic carbocycles. The van der Waals surface area contributed by atoms with E-state index in [1.807, 2.05) is 25.1 Å². The SMILES string of the molecule is C=C(C)C(=O)c1cc(N(C)C)ccc1N(C)C(=O)/C(C)=C(/C)C=O.O=C/C=C\C=O. The molecule has 1 amide bonds. The number of anilines is 2. The Labute approximate surface area is 177 Å². The molecule has 0 aliphatic carbocycles. The number of allylic oxidation sites excluding steroid dienone is 4. The summed E-state index contributed by atoms with van der Waals surface area (Å²) in [6, 6.07) is 5.30. The van der Waals surface area contributed by atoms with E-state index in [1.54, 1.807) is 40.0 Å². The summed E-state index contributed by atoms with van der Waals surface area (Å²) in [6.07, 6.45) is 4.01. The Morgan fingerprint density at radius 3 is 1.87 bits per heavy atom. The Kier molecular flexibility index (Phi) is 11.2. The lowest BCUT2D eigenvalue weighted by molar-refractivity contribution is -0.115. The predicted octanol–water partition coefficient (Wildman–Crippen LogP) is 2.95. The topological polar surface area (TPSA) is 91.8 Å². The highest BCUT2D eigenvalue weighted by atomic mass is 16.2. The first-order chi connectivity index (χ1) is 14.0. The van der Waals surface area contributed by atoms with Crippen LogP contribution >= 0.6 is 0 Å². The number of likely N-dealkylation sites (N-methyl/N-ethyl adjacent to an activating group) is 1. The van der Waals surface area contributed by atoms with Crippen LogP contribution in [-0.2, 0) is 19.2 Å². The number of Topliss-reactive ketones (excluding diaryl/α,β-unsaturated/α-hetero) is 1. The Balaban J connectivity index is 0.00000122. The van der Waals surface area contributed by atoms with Gasteiger partial charge in [0.15, 0.2) is 5.78 Å². The molecule has 0 spiro atoms. The van der Waals surface area contributed by atoms with E-state index in [-0.39, 0.29) is 11.7 Å². The van der Waals surface area contributed by atoms with E-state index in [4.69, 9.17) is 0 Å². The van der Waals surface area contributed by atoms with Gasteiger partial charge in [-0.05, 0) is 62.3 Å². The molecule has 1 rings (SSSR count). The van der Waals surface area contributed by atoms with Crippen molar-refractivity contribution in [3.63, 3.8) is 0 Å². The van der Waals surface area contributed by atoms with Crippen LogP contribution < -0.4 is 9.80 Å². The fourth-order valence-corrected chi connectivity index (χ4v) is 2.22. The maximum absolute atomic E-state index is 12.6. The number of carbonyl (C=O) groups is 5. The van der Waals surface area contributed by atoms with Crippen molar-refractivity contribution in [3.05, 3.63) is 59.2 Å². The maximum atomic E-state index is 12.6. The van der Waals surface area contributed by atoms with E-state index in [0.717, 1.165) is 17.8 Å². The average molecular weight is 412 g/mol. The number of benzene rings is 1. The van der Waals surface area contributed by atoms with Gasteiger partial charge in [0, 0.05) is 38.0 Å². The number of nitrogens with zero attached hydrogens (tertiary/aromatic N) is 2. The number of hydrogen-bond donors (Lipinski definition) is 0. The van der Waals surface area contributed by atoms with Crippen molar-refractivity contribution in [2.75, 3.05) is 30.9 Å². The molecule has 0 fully saturated rings. The predicted molar refractivity (Wildman–Crippen MR) is 119 cm³/mol.